The molecule has 2 aromatic rings. The maximum absolute atomic E-state index is 13.4. The molecule has 31 heavy (non-hydrogen) atoms. The van der Waals surface area contributed by atoms with Gasteiger partial charge in [0, 0.05) is 31.9 Å². The summed E-state index contributed by atoms with van der Waals surface area (Å²) in [4.78, 5) is 0. The average Bonchev–Trinajstić information content (AvgIpc) is 3.26. The van der Waals surface area contributed by atoms with Crippen molar-refractivity contribution in [2.75, 3.05) is 31.8 Å². The SMILES string of the molecule is CC(F)(F)c1cnn(-c2ccc(OC[C@H]3COCCC3C3(CS(C)(=O)=O)CC3)cc2)c1. The number of sulfone groups is 1. The fraction of sp³-hybridized carbons (Fsp3) is 0.591. The third kappa shape index (κ3) is 5.26. The van der Waals surface area contributed by atoms with E-state index in [9.17, 15) is 17.2 Å². The number of ether oxygens (including phenoxy) is 2. The van der Waals surface area contributed by atoms with Crippen molar-refractivity contribution < 1.29 is 26.7 Å². The van der Waals surface area contributed by atoms with Crippen LogP contribution in [0.3, 0.4) is 0 Å². The molecule has 0 amide bonds. The molecule has 1 aromatic heterocycles. The Hall–Kier alpha value is -2.00. The highest BCUT2D eigenvalue weighted by Gasteiger charge is 2.54. The number of rotatable bonds is 8. The fourth-order valence-electron chi connectivity index (χ4n) is 4.66. The second-order valence-electron chi connectivity index (χ2n) is 9.03. The Morgan fingerprint density at radius 1 is 1.29 bits per heavy atom. The largest absolute Gasteiger partial charge is 0.493 e. The molecule has 2 heterocycles. The Morgan fingerprint density at radius 3 is 2.58 bits per heavy atom. The molecule has 6 nitrogen and oxygen atoms in total. The first-order valence-electron chi connectivity index (χ1n) is 10.5. The summed E-state index contributed by atoms with van der Waals surface area (Å²) in [7, 11) is -3.03. The zero-order chi connectivity index (χ0) is 22.3. The molecule has 170 valence electrons. The highest BCUT2D eigenvalue weighted by molar-refractivity contribution is 7.90. The van der Waals surface area contributed by atoms with Crippen LogP contribution in [0.5, 0.6) is 5.75 Å². The van der Waals surface area contributed by atoms with Gasteiger partial charge in [0.15, 0.2) is 0 Å². The second-order valence-corrected chi connectivity index (χ2v) is 11.2. The van der Waals surface area contributed by atoms with Gasteiger partial charge in [-0.25, -0.2) is 21.9 Å². The van der Waals surface area contributed by atoms with Gasteiger partial charge in [0.2, 0.25) is 0 Å². The minimum Gasteiger partial charge on any atom is -0.493 e. The third-order valence-electron chi connectivity index (χ3n) is 6.36. The van der Waals surface area contributed by atoms with E-state index in [1.54, 1.807) is 24.3 Å². The predicted molar refractivity (Wildman–Crippen MR) is 112 cm³/mol. The molecule has 2 atom stereocenters. The van der Waals surface area contributed by atoms with Crippen molar-refractivity contribution in [1.29, 1.82) is 0 Å². The zero-order valence-electron chi connectivity index (χ0n) is 17.8. The van der Waals surface area contributed by atoms with Crippen LogP contribution in [0.1, 0.15) is 31.7 Å². The van der Waals surface area contributed by atoms with Crippen LogP contribution in [0.4, 0.5) is 8.78 Å². The molecule has 1 saturated heterocycles. The first-order chi connectivity index (χ1) is 14.6. The Bertz CT molecular complexity index is 1010. The van der Waals surface area contributed by atoms with Crippen molar-refractivity contribution in [2.24, 2.45) is 17.3 Å². The molecule has 1 aliphatic heterocycles. The Balaban J connectivity index is 1.40. The van der Waals surface area contributed by atoms with Gasteiger partial charge in [-0.05, 0) is 54.9 Å². The van der Waals surface area contributed by atoms with Gasteiger partial charge in [-0.2, -0.15) is 5.10 Å². The van der Waals surface area contributed by atoms with Crippen LogP contribution >= 0.6 is 0 Å². The summed E-state index contributed by atoms with van der Waals surface area (Å²) in [5.41, 5.74) is 0.389. The molecule has 2 aliphatic rings. The number of hydrogen-bond acceptors (Lipinski definition) is 5. The average molecular weight is 455 g/mol. The number of alkyl halides is 2. The number of aromatic nitrogens is 2. The monoisotopic (exact) mass is 454 g/mol. The van der Waals surface area contributed by atoms with E-state index in [2.05, 4.69) is 5.10 Å². The summed E-state index contributed by atoms with van der Waals surface area (Å²) in [5.74, 6) is -1.63. The molecule has 9 heteroatoms. The maximum Gasteiger partial charge on any atom is 0.273 e. The van der Waals surface area contributed by atoms with Gasteiger partial charge in [0.25, 0.3) is 5.92 Å². The van der Waals surface area contributed by atoms with Crippen molar-refractivity contribution in [3.8, 4) is 11.4 Å². The van der Waals surface area contributed by atoms with Gasteiger partial charge in [-0.3, -0.25) is 0 Å². The first-order valence-corrected chi connectivity index (χ1v) is 12.5. The maximum atomic E-state index is 13.4. The molecule has 1 saturated carbocycles. The Labute approximate surface area is 181 Å². The molecule has 0 bridgehead atoms. The first kappa shape index (κ1) is 22.2. The minimum atomic E-state index is -3.03. The smallest absolute Gasteiger partial charge is 0.273 e. The van der Waals surface area contributed by atoms with Crippen molar-refractivity contribution >= 4 is 9.84 Å². The topological polar surface area (TPSA) is 70.4 Å². The lowest BCUT2D eigenvalue weighted by Crippen LogP contribution is -2.39. The van der Waals surface area contributed by atoms with Crippen LogP contribution in [0.2, 0.25) is 0 Å². The number of nitrogens with zero attached hydrogens (tertiary/aromatic N) is 2. The summed E-state index contributed by atoms with van der Waals surface area (Å²) < 4.78 is 63.7. The van der Waals surface area contributed by atoms with E-state index in [-0.39, 0.29) is 28.6 Å². The zero-order valence-corrected chi connectivity index (χ0v) is 18.6. The second kappa shape index (κ2) is 8.16. The van der Waals surface area contributed by atoms with Gasteiger partial charge >= 0.3 is 0 Å². The van der Waals surface area contributed by atoms with Crippen LogP contribution < -0.4 is 4.74 Å². The molecule has 1 aromatic carbocycles. The van der Waals surface area contributed by atoms with E-state index in [0.717, 1.165) is 32.4 Å². The number of halogens is 2. The van der Waals surface area contributed by atoms with E-state index >= 15 is 0 Å². The summed E-state index contributed by atoms with van der Waals surface area (Å²) in [6, 6.07) is 7.09. The molecule has 4 rings (SSSR count). The molecule has 2 fully saturated rings. The third-order valence-corrected chi connectivity index (χ3v) is 7.46. The molecule has 1 unspecified atom stereocenters. The highest BCUT2D eigenvalue weighted by atomic mass is 32.2. The quantitative estimate of drug-likeness (QED) is 0.606. The molecule has 0 radical (unpaired) electrons. The van der Waals surface area contributed by atoms with Crippen LogP contribution in [0.15, 0.2) is 36.7 Å². The molecule has 0 spiro atoms. The fourth-order valence-corrected chi connectivity index (χ4v) is 6.21. The Kier molecular flexibility index (Phi) is 5.85. The summed E-state index contributed by atoms with van der Waals surface area (Å²) in [6.45, 7) is 2.51. The summed E-state index contributed by atoms with van der Waals surface area (Å²) >= 11 is 0. The van der Waals surface area contributed by atoms with E-state index in [1.807, 2.05) is 0 Å². The van der Waals surface area contributed by atoms with E-state index in [4.69, 9.17) is 9.47 Å². The van der Waals surface area contributed by atoms with Crippen molar-refractivity contribution in [2.45, 2.75) is 32.1 Å². The van der Waals surface area contributed by atoms with Crippen LogP contribution in [0.25, 0.3) is 5.69 Å². The van der Waals surface area contributed by atoms with E-state index in [0.29, 0.717) is 31.3 Å². The van der Waals surface area contributed by atoms with Gasteiger partial charge in [-0.1, -0.05) is 0 Å². The van der Waals surface area contributed by atoms with Crippen LogP contribution in [0, 0.1) is 17.3 Å². The van der Waals surface area contributed by atoms with Crippen molar-refractivity contribution in [3.63, 3.8) is 0 Å². The highest BCUT2D eigenvalue weighted by Crippen LogP contribution is 2.57. The van der Waals surface area contributed by atoms with E-state index in [1.165, 1.54) is 17.1 Å². The normalized spacial score (nSPS) is 23.5. The lowest BCUT2D eigenvalue weighted by Gasteiger charge is -2.37. The lowest BCUT2D eigenvalue weighted by atomic mass is 9.77. The van der Waals surface area contributed by atoms with Crippen LogP contribution in [-0.2, 0) is 20.5 Å². The van der Waals surface area contributed by atoms with Crippen molar-refractivity contribution in [3.05, 3.63) is 42.2 Å². The number of hydrogen-bond donors (Lipinski definition) is 0. The van der Waals surface area contributed by atoms with Gasteiger partial charge in [0.05, 0.1) is 36.4 Å². The number of benzene rings is 1. The van der Waals surface area contributed by atoms with Gasteiger partial charge < -0.3 is 9.47 Å². The van der Waals surface area contributed by atoms with Crippen LogP contribution in [-0.4, -0.2) is 50.0 Å². The molecular formula is C22H28F2N2O4S. The van der Waals surface area contributed by atoms with Gasteiger partial charge in [0.1, 0.15) is 15.6 Å². The Morgan fingerprint density at radius 2 is 2.00 bits per heavy atom. The molecule has 1 aliphatic carbocycles. The van der Waals surface area contributed by atoms with Crippen molar-refractivity contribution in [1.82, 2.24) is 9.78 Å². The molecular weight excluding hydrogens is 426 g/mol. The van der Waals surface area contributed by atoms with E-state index < -0.39 is 15.8 Å². The molecule has 0 N–H and O–H groups in total. The standard InChI is InChI=1S/C22H28F2N2O4S/c1-21(23,24)17-11-25-26(12-17)18-3-5-19(6-4-18)30-14-16-13-29-10-7-20(16)22(8-9-22)15-31(2,27)28/h3-6,11-12,16,20H,7-10,13-15H2,1-2H3/t16-,20?/m1/s1. The summed E-state index contributed by atoms with van der Waals surface area (Å²) in [6.07, 6.45) is 6.53. The predicted octanol–water partition coefficient (Wildman–Crippen LogP) is 3.84. The lowest BCUT2D eigenvalue weighted by molar-refractivity contribution is -0.0242. The minimum absolute atomic E-state index is 0.131. The van der Waals surface area contributed by atoms with Gasteiger partial charge in [-0.15, -0.1) is 0 Å². The summed E-state index contributed by atoms with van der Waals surface area (Å²) in [5, 5.41) is 4.01.